The molecule has 3 aromatic rings. The molecule has 0 unspecified atom stereocenters. The summed E-state index contributed by atoms with van der Waals surface area (Å²) in [6, 6.07) is 13.7. The first-order valence-corrected chi connectivity index (χ1v) is 10.5. The van der Waals surface area contributed by atoms with Gasteiger partial charge in [-0.3, -0.25) is 4.68 Å². The monoisotopic (exact) mass is 397 g/mol. The second kappa shape index (κ2) is 6.35. The van der Waals surface area contributed by atoms with E-state index in [1.54, 1.807) is 35.0 Å². The van der Waals surface area contributed by atoms with Crippen molar-refractivity contribution in [1.82, 2.24) is 14.1 Å². The Hall–Kier alpha value is -2.84. The number of benzene rings is 2. The van der Waals surface area contributed by atoms with Gasteiger partial charge in [-0.15, -0.1) is 0 Å². The molecular weight excluding hydrogens is 378 g/mol. The van der Waals surface area contributed by atoms with Crippen LogP contribution >= 0.6 is 0 Å². The lowest BCUT2D eigenvalue weighted by atomic mass is 9.92. The summed E-state index contributed by atoms with van der Waals surface area (Å²) < 4.78 is 41.2. The van der Waals surface area contributed by atoms with Crippen LogP contribution in [0.5, 0.6) is 11.5 Å². The number of fused-ring (bicyclic) bond motifs is 2. The van der Waals surface area contributed by atoms with E-state index < -0.39 is 16.1 Å². The van der Waals surface area contributed by atoms with Crippen molar-refractivity contribution in [3.05, 3.63) is 71.5 Å². The number of ether oxygens (including phenoxy) is 2. The lowest BCUT2D eigenvalue weighted by Crippen LogP contribution is -2.40. The van der Waals surface area contributed by atoms with E-state index in [4.69, 9.17) is 9.47 Å². The topological polar surface area (TPSA) is 73.7 Å². The molecule has 2 aliphatic rings. The third kappa shape index (κ3) is 2.68. The Kier molecular flexibility index (Phi) is 3.92. The predicted molar refractivity (Wildman–Crippen MR) is 102 cm³/mol. The van der Waals surface area contributed by atoms with Crippen LogP contribution in [0.4, 0.5) is 0 Å². The summed E-state index contributed by atoms with van der Waals surface area (Å²) in [6.07, 6.45) is 2.42. The maximum Gasteiger partial charge on any atom is 0.244 e. The Balaban J connectivity index is 1.68. The summed E-state index contributed by atoms with van der Waals surface area (Å²) >= 11 is 0. The van der Waals surface area contributed by atoms with Gasteiger partial charge in [0.05, 0.1) is 16.6 Å². The minimum Gasteiger partial charge on any atom is -0.454 e. The van der Waals surface area contributed by atoms with Crippen molar-refractivity contribution in [1.29, 1.82) is 0 Å². The molecule has 1 aromatic heterocycles. The first kappa shape index (κ1) is 17.3. The van der Waals surface area contributed by atoms with Gasteiger partial charge in [0.15, 0.2) is 11.5 Å². The molecule has 7 nitrogen and oxygen atoms in total. The molecule has 1 atom stereocenters. The van der Waals surface area contributed by atoms with Crippen molar-refractivity contribution in [2.45, 2.75) is 17.4 Å². The van der Waals surface area contributed by atoms with Crippen molar-refractivity contribution >= 4 is 10.0 Å². The van der Waals surface area contributed by atoms with Crippen molar-refractivity contribution in [2.24, 2.45) is 7.05 Å². The normalized spacial score (nSPS) is 18.8. The average Bonchev–Trinajstić information content (AvgIpc) is 3.34. The van der Waals surface area contributed by atoms with E-state index in [-0.39, 0.29) is 11.7 Å². The van der Waals surface area contributed by atoms with Crippen molar-refractivity contribution < 1.29 is 17.9 Å². The Bertz CT molecular complexity index is 1140. The molecule has 0 N–H and O–H groups in total. The van der Waals surface area contributed by atoms with Gasteiger partial charge in [0, 0.05) is 19.8 Å². The van der Waals surface area contributed by atoms with Gasteiger partial charge in [0.2, 0.25) is 16.8 Å². The Morgan fingerprint density at radius 3 is 2.54 bits per heavy atom. The Labute approximate surface area is 163 Å². The fourth-order valence-electron chi connectivity index (χ4n) is 3.86. The quantitative estimate of drug-likeness (QED) is 0.679. The SMILES string of the molecule is Cn1ccc([C@H]2c3cc4c(cc3CCN2S(=O)(=O)c2ccccc2)OCO4)n1. The molecule has 2 aromatic carbocycles. The molecule has 0 radical (unpaired) electrons. The maximum atomic E-state index is 13.5. The molecule has 0 spiro atoms. The van der Waals surface area contributed by atoms with Gasteiger partial charge < -0.3 is 9.47 Å². The van der Waals surface area contributed by atoms with Crippen LogP contribution < -0.4 is 9.47 Å². The van der Waals surface area contributed by atoms with Crippen LogP contribution in [0.15, 0.2) is 59.6 Å². The first-order valence-electron chi connectivity index (χ1n) is 9.03. The average molecular weight is 397 g/mol. The molecule has 8 heteroatoms. The molecule has 5 rings (SSSR count). The van der Waals surface area contributed by atoms with Crippen LogP contribution in [0.25, 0.3) is 0 Å². The minimum atomic E-state index is -3.69. The number of aryl methyl sites for hydroxylation is 1. The first-order chi connectivity index (χ1) is 13.5. The van der Waals surface area contributed by atoms with Crippen LogP contribution in [-0.2, 0) is 23.5 Å². The van der Waals surface area contributed by atoms with E-state index in [1.165, 1.54) is 4.31 Å². The summed E-state index contributed by atoms with van der Waals surface area (Å²) in [4.78, 5) is 0.278. The zero-order chi connectivity index (χ0) is 19.3. The number of rotatable bonds is 3. The van der Waals surface area contributed by atoms with Crippen LogP contribution in [0.2, 0.25) is 0 Å². The number of hydrogen-bond acceptors (Lipinski definition) is 5. The molecular formula is C20H19N3O4S. The number of hydrogen-bond donors (Lipinski definition) is 0. The van der Waals surface area contributed by atoms with E-state index in [0.717, 1.165) is 11.1 Å². The highest BCUT2D eigenvalue weighted by molar-refractivity contribution is 7.89. The lowest BCUT2D eigenvalue weighted by molar-refractivity contribution is 0.174. The highest BCUT2D eigenvalue weighted by Crippen LogP contribution is 2.43. The summed E-state index contributed by atoms with van der Waals surface area (Å²) in [5.74, 6) is 1.34. The molecule has 0 saturated heterocycles. The predicted octanol–water partition coefficient (Wildman–Crippen LogP) is 2.49. The standard InChI is InChI=1S/C20H19N3O4S/c1-22-9-8-17(21-22)20-16-12-19-18(26-13-27-19)11-14(16)7-10-23(20)28(24,25)15-5-3-2-4-6-15/h2-6,8-9,11-12,20H,7,10,13H2,1H3/t20-/m1/s1. The molecule has 0 fully saturated rings. The number of sulfonamides is 1. The third-order valence-corrected chi connectivity index (χ3v) is 7.06. The summed E-state index contributed by atoms with van der Waals surface area (Å²) in [6.45, 7) is 0.545. The molecule has 28 heavy (non-hydrogen) atoms. The molecule has 0 aliphatic carbocycles. The van der Waals surface area contributed by atoms with E-state index in [9.17, 15) is 8.42 Å². The van der Waals surface area contributed by atoms with Gasteiger partial charge in [-0.25, -0.2) is 8.42 Å². The van der Waals surface area contributed by atoms with Crippen LogP contribution in [-0.4, -0.2) is 35.8 Å². The Morgan fingerprint density at radius 2 is 1.82 bits per heavy atom. The Morgan fingerprint density at radius 1 is 1.07 bits per heavy atom. The minimum absolute atomic E-state index is 0.179. The molecule has 0 amide bonds. The van der Waals surface area contributed by atoms with Gasteiger partial charge in [0.1, 0.15) is 0 Å². The maximum absolute atomic E-state index is 13.5. The second-order valence-electron chi connectivity index (χ2n) is 6.90. The largest absolute Gasteiger partial charge is 0.454 e. The fraction of sp³-hybridized carbons (Fsp3) is 0.250. The highest BCUT2D eigenvalue weighted by atomic mass is 32.2. The van der Waals surface area contributed by atoms with Crippen molar-refractivity contribution in [2.75, 3.05) is 13.3 Å². The number of nitrogens with zero attached hydrogens (tertiary/aromatic N) is 3. The van der Waals surface area contributed by atoms with Gasteiger partial charge in [-0.05, 0) is 47.9 Å². The van der Waals surface area contributed by atoms with Gasteiger partial charge in [-0.1, -0.05) is 18.2 Å². The summed E-state index contributed by atoms with van der Waals surface area (Å²) in [7, 11) is -1.87. The zero-order valence-corrected chi connectivity index (χ0v) is 16.1. The van der Waals surface area contributed by atoms with E-state index in [1.807, 2.05) is 31.4 Å². The molecule has 0 bridgehead atoms. The van der Waals surface area contributed by atoms with E-state index in [2.05, 4.69) is 5.10 Å². The summed E-state index contributed by atoms with van der Waals surface area (Å²) in [5, 5.41) is 4.52. The van der Waals surface area contributed by atoms with Crippen LogP contribution in [0.1, 0.15) is 22.9 Å². The second-order valence-corrected chi connectivity index (χ2v) is 8.79. The molecule has 3 heterocycles. The molecule has 2 aliphatic heterocycles. The van der Waals surface area contributed by atoms with Crippen molar-refractivity contribution in [3.63, 3.8) is 0 Å². The van der Waals surface area contributed by atoms with Gasteiger partial charge >= 0.3 is 0 Å². The lowest BCUT2D eigenvalue weighted by Gasteiger charge is -2.35. The van der Waals surface area contributed by atoms with Crippen LogP contribution in [0, 0.1) is 0 Å². The fourth-order valence-corrected chi connectivity index (χ4v) is 5.46. The van der Waals surface area contributed by atoms with Gasteiger partial charge in [0.25, 0.3) is 0 Å². The van der Waals surface area contributed by atoms with Crippen LogP contribution in [0.3, 0.4) is 0 Å². The number of aromatic nitrogens is 2. The smallest absolute Gasteiger partial charge is 0.244 e. The molecule has 144 valence electrons. The van der Waals surface area contributed by atoms with Gasteiger partial charge in [-0.2, -0.15) is 9.40 Å². The highest BCUT2D eigenvalue weighted by Gasteiger charge is 2.39. The van der Waals surface area contributed by atoms with E-state index in [0.29, 0.717) is 30.2 Å². The third-order valence-electron chi connectivity index (χ3n) is 5.18. The zero-order valence-electron chi connectivity index (χ0n) is 15.3. The van der Waals surface area contributed by atoms with E-state index >= 15 is 0 Å². The molecule has 0 saturated carbocycles. The summed E-state index contributed by atoms with van der Waals surface area (Å²) in [5.41, 5.74) is 2.62. The van der Waals surface area contributed by atoms with Crippen molar-refractivity contribution in [3.8, 4) is 11.5 Å².